The molecule has 0 saturated heterocycles. The van der Waals surface area contributed by atoms with Crippen LogP contribution in [0.15, 0.2) is 4.99 Å². The third kappa shape index (κ3) is 7.79. The van der Waals surface area contributed by atoms with Gasteiger partial charge in [0.05, 0.1) is 0 Å². The lowest BCUT2D eigenvalue weighted by molar-refractivity contribution is 0.146. The van der Waals surface area contributed by atoms with E-state index in [-0.39, 0.29) is 0 Å². The van der Waals surface area contributed by atoms with Crippen LogP contribution in [0.4, 0.5) is 0 Å². The molecule has 0 aliphatic rings. The average Bonchev–Trinajstić information content (AvgIpc) is 2.39. The molecule has 0 spiro atoms. The number of ether oxygens (including phenoxy) is 1. The van der Waals surface area contributed by atoms with Gasteiger partial charge in [0.2, 0.25) is 5.96 Å². The van der Waals surface area contributed by atoms with Gasteiger partial charge in [0.25, 0.3) is 0 Å². The van der Waals surface area contributed by atoms with Gasteiger partial charge in [0.15, 0.2) is 0 Å². The van der Waals surface area contributed by atoms with E-state index in [1.807, 2.05) is 25.7 Å². The van der Waals surface area contributed by atoms with Crippen molar-refractivity contribution in [1.82, 2.24) is 10.3 Å². The lowest BCUT2D eigenvalue weighted by Crippen LogP contribution is -2.47. The maximum Gasteiger partial charge on any atom is 0.208 e. The van der Waals surface area contributed by atoms with Crippen LogP contribution >= 0.6 is 11.8 Å². The topological polar surface area (TPSA) is 62.9 Å². The van der Waals surface area contributed by atoms with E-state index in [1.165, 1.54) is 0 Å². The predicted molar refractivity (Wildman–Crippen MR) is 81.0 cm³/mol. The molecule has 0 aromatic heterocycles. The Balaban J connectivity index is 4.07. The van der Waals surface area contributed by atoms with Crippen molar-refractivity contribution in [2.24, 2.45) is 10.8 Å². The zero-order valence-electron chi connectivity index (χ0n) is 12.1. The minimum absolute atomic E-state index is 0.430. The Morgan fingerprint density at radius 2 is 2.28 bits per heavy atom. The number of hydrazine groups is 1. The first-order valence-electron chi connectivity index (χ1n) is 6.47. The molecule has 6 heteroatoms. The quantitative estimate of drug-likeness (QED) is 0.218. The number of nitrogens with one attached hydrogen (secondary N) is 1. The third-order valence-electron chi connectivity index (χ3n) is 2.78. The lowest BCUT2D eigenvalue weighted by Gasteiger charge is -2.27. The molecule has 0 aliphatic heterocycles. The maximum atomic E-state index is 5.52. The van der Waals surface area contributed by atoms with Gasteiger partial charge in [-0.1, -0.05) is 0 Å². The first-order chi connectivity index (χ1) is 8.67. The summed E-state index contributed by atoms with van der Waals surface area (Å²) < 4.78 is 5.27. The average molecular weight is 276 g/mol. The molecule has 0 heterocycles. The number of guanidine groups is 1. The molecule has 18 heavy (non-hydrogen) atoms. The van der Waals surface area contributed by atoms with Crippen LogP contribution in [0.3, 0.4) is 0 Å². The fourth-order valence-electron chi connectivity index (χ4n) is 1.45. The number of nitrogens with two attached hydrogens (primary N) is 1. The summed E-state index contributed by atoms with van der Waals surface area (Å²) in [6.45, 7) is 6.43. The SMILES string of the molecule is CCOCCCN=C(NN)N(C)C(C)CCSC. The van der Waals surface area contributed by atoms with Crippen molar-refractivity contribution in [2.75, 3.05) is 38.8 Å². The number of hydrogen-bond acceptors (Lipinski definition) is 4. The van der Waals surface area contributed by atoms with Crippen LogP contribution in [-0.2, 0) is 4.74 Å². The molecule has 0 aliphatic carbocycles. The van der Waals surface area contributed by atoms with E-state index in [9.17, 15) is 0 Å². The molecule has 0 amide bonds. The fourth-order valence-corrected chi connectivity index (χ4v) is 2.02. The number of nitrogens with zero attached hydrogens (tertiary/aromatic N) is 2. The molecular formula is C12H28N4OS. The normalized spacial score (nSPS) is 13.5. The molecular weight excluding hydrogens is 248 g/mol. The van der Waals surface area contributed by atoms with Crippen LogP contribution in [0.25, 0.3) is 0 Å². The second-order valence-corrected chi connectivity index (χ2v) is 5.13. The predicted octanol–water partition coefficient (Wildman–Crippen LogP) is 1.31. The molecule has 0 aromatic rings. The summed E-state index contributed by atoms with van der Waals surface area (Å²) in [4.78, 5) is 6.56. The van der Waals surface area contributed by atoms with Crippen LogP contribution in [-0.4, -0.2) is 55.7 Å². The Bertz CT molecular complexity index is 226. The first-order valence-corrected chi connectivity index (χ1v) is 7.87. The molecule has 0 aromatic carbocycles. The Morgan fingerprint density at radius 1 is 1.56 bits per heavy atom. The summed E-state index contributed by atoms with van der Waals surface area (Å²) in [6.07, 6.45) is 4.17. The van der Waals surface area contributed by atoms with Gasteiger partial charge in [0, 0.05) is 32.8 Å². The van der Waals surface area contributed by atoms with Crippen LogP contribution in [0.1, 0.15) is 26.7 Å². The van der Waals surface area contributed by atoms with E-state index in [4.69, 9.17) is 10.6 Å². The van der Waals surface area contributed by atoms with Crippen molar-refractivity contribution in [3.8, 4) is 0 Å². The van der Waals surface area contributed by atoms with Crippen molar-refractivity contribution in [3.63, 3.8) is 0 Å². The molecule has 0 fully saturated rings. The highest BCUT2D eigenvalue weighted by atomic mass is 32.2. The Labute approximate surface area is 116 Å². The van der Waals surface area contributed by atoms with Crippen LogP contribution < -0.4 is 11.3 Å². The zero-order valence-corrected chi connectivity index (χ0v) is 12.9. The van der Waals surface area contributed by atoms with Gasteiger partial charge in [-0.3, -0.25) is 10.4 Å². The van der Waals surface area contributed by atoms with E-state index in [0.29, 0.717) is 6.04 Å². The van der Waals surface area contributed by atoms with E-state index < -0.39 is 0 Å². The molecule has 108 valence electrons. The Hall–Kier alpha value is -0.460. The molecule has 0 rings (SSSR count). The van der Waals surface area contributed by atoms with Crippen molar-refractivity contribution < 1.29 is 4.74 Å². The van der Waals surface area contributed by atoms with E-state index in [2.05, 4.69) is 28.5 Å². The van der Waals surface area contributed by atoms with Gasteiger partial charge in [-0.15, -0.1) is 0 Å². The second-order valence-electron chi connectivity index (χ2n) is 4.14. The monoisotopic (exact) mass is 276 g/mol. The second kappa shape index (κ2) is 11.6. The summed E-state index contributed by atoms with van der Waals surface area (Å²) in [5.74, 6) is 7.42. The highest BCUT2D eigenvalue weighted by Gasteiger charge is 2.12. The molecule has 3 N–H and O–H groups in total. The van der Waals surface area contributed by atoms with Crippen molar-refractivity contribution in [3.05, 3.63) is 0 Å². The smallest absolute Gasteiger partial charge is 0.208 e. The number of thioether (sulfide) groups is 1. The van der Waals surface area contributed by atoms with Crippen LogP contribution in [0.5, 0.6) is 0 Å². The first kappa shape index (κ1) is 17.5. The minimum Gasteiger partial charge on any atom is -0.382 e. The van der Waals surface area contributed by atoms with Gasteiger partial charge in [0.1, 0.15) is 0 Å². The van der Waals surface area contributed by atoms with Gasteiger partial charge in [-0.05, 0) is 38.7 Å². The number of aliphatic imine (C=N–C) groups is 1. The summed E-state index contributed by atoms with van der Waals surface area (Å²) in [6, 6.07) is 0.430. The van der Waals surface area contributed by atoms with E-state index in [0.717, 1.165) is 44.3 Å². The van der Waals surface area contributed by atoms with Crippen molar-refractivity contribution in [2.45, 2.75) is 32.7 Å². The number of rotatable bonds is 9. The maximum absolute atomic E-state index is 5.52. The zero-order chi connectivity index (χ0) is 13.8. The third-order valence-corrected chi connectivity index (χ3v) is 3.42. The van der Waals surface area contributed by atoms with Gasteiger partial charge >= 0.3 is 0 Å². The highest BCUT2D eigenvalue weighted by molar-refractivity contribution is 7.98. The molecule has 5 nitrogen and oxygen atoms in total. The molecule has 0 saturated carbocycles. The van der Waals surface area contributed by atoms with Crippen LogP contribution in [0.2, 0.25) is 0 Å². The standard InChI is InChI=1S/C12H28N4OS/c1-5-17-9-6-8-14-12(15-13)16(3)11(2)7-10-18-4/h11H,5-10,13H2,1-4H3,(H,14,15). The van der Waals surface area contributed by atoms with E-state index in [1.54, 1.807) is 0 Å². The Morgan fingerprint density at radius 3 is 2.83 bits per heavy atom. The van der Waals surface area contributed by atoms with Gasteiger partial charge in [-0.25, -0.2) is 5.84 Å². The van der Waals surface area contributed by atoms with Crippen LogP contribution in [0, 0.1) is 0 Å². The van der Waals surface area contributed by atoms with E-state index >= 15 is 0 Å². The van der Waals surface area contributed by atoms with Crippen molar-refractivity contribution >= 4 is 17.7 Å². The summed E-state index contributed by atoms with van der Waals surface area (Å²) in [5, 5.41) is 0. The molecule has 1 unspecified atom stereocenters. The fraction of sp³-hybridized carbons (Fsp3) is 0.917. The summed E-state index contributed by atoms with van der Waals surface area (Å²) >= 11 is 1.86. The summed E-state index contributed by atoms with van der Waals surface area (Å²) in [7, 11) is 2.02. The largest absolute Gasteiger partial charge is 0.382 e. The van der Waals surface area contributed by atoms with Gasteiger partial charge in [-0.2, -0.15) is 11.8 Å². The molecule has 0 bridgehead atoms. The molecule has 0 radical (unpaired) electrons. The minimum atomic E-state index is 0.430. The molecule has 1 atom stereocenters. The summed E-state index contributed by atoms with van der Waals surface area (Å²) in [5.41, 5.74) is 2.68. The Kier molecular flexibility index (Phi) is 11.3. The highest BCUT2D eigenvalue weighted by Crippen LogP contribution is 2.06. The number of hydrogen-bond donors (Lipinski definition) is 2. The lowest BCUT2D eigenvalue weighted by atomic mass is 10.2. The van der Waals surface area contributed by atoms with Gasteiger partial charge < -0.3 is 9.64 Å². The van der Waals surface area contributed by atoms with Crippen molar-refractivity contribution in [1.29, 1.82) is 0 Å².